The number of ether oxygens (including phenoxy) is 2. The molecule has 0 unspecified atom stereocenters. The van der Waals surface area contributed by atoms with Crippen molar-refractivity contribution >= 4 is 46.6 Å². The van der Waals surface area contributed by atoms with Crippen molar-refractivity contribution in [3.05, 3.63) is 142 Å². The van der Waals surface area contributed by atoms with Gasteiger partial charge in [-0.1, -0.05) is 72.8 Å². The molecule has 2 fully saturated rings. The van der Waals surface area contributed by atoms with Crippen molar-refractivity contribution in [2.75, 3.05) is 76.5 Å². The molecule has 2 saturated heterocycles. The number of morpholine rings is 2. The summed E-state index contributed by atoms with van der Waals surface area (Å²) in [6, 6.07) is 38.3. The van der Waals surface area contributed by atoms with Crippen LogP contribution in [0, 0.1) is 31.0 Å². The van der Waals surface area contributed by atoms with E-state index in [1.165, 1.54) is 0 Å². The van der Waals surface area contributed by atoms with Gasteiger partial charge in [0.25, 0.3) is 0 Å². The van der Waals surface area contributed by atoms with E-state index in [1.54, 1.807) is 9.80 Å². The Bertz CT molecular complexity index is 1730. The average Bonchev–Trinajstić information content (AvgIpc) is 3.20. The molecule has 0 atom stereocenters. The summed E-state index contributed by atoms with van der Waals surface area (Å²) in [4.78, 5) is 32.8. The van der Waals surface area contributed by atoms with Crippen LogP contribution in [0.25, 0.3) is 0 Å². The quantitative estimate of drug-likeness (QED) is 0.0800. The number of hydrogen-bond acceptors (Lipinski definition) is 10. The van der Waals surface area contributed by atoms with Crippen molar-refractivity contribution < 1.29 is 65.2 Å². The summed E-state index contributed by atoms with van der Waals surface area (Å²) >= 11 is 0. The number of halogens is 2. The van der Waals surface area contributed by atoms with Crippen molar-refractivity contribution in [1.82, 2.24) is 9.80 Å². The average molecular weight is 1030 g/mol. The molecule has 59 heavy (non-hydrogen) atoms. The monoisotopic (exact) mass is 1030 g/mol. The van der Waals surface area contributed by atoms with Crippen LogP contribution >= 0.6 is 0 Å². The van der Waals surface area contributed by atoms with Crippen LogP contribution in [0.3, 0.4) is 0 Å². The van der Waals surface area contributed by atoms with Crippen molar-refractivity contribution in [2.24, 2.45) is 21.5 Å². The molecular formula is C38H48Cl2N12O6Pt. The Morgan fingerprint density at radius 3 is 1.07 bits per heavy atom. The fourth-order valence-corrected chi connectivity index (χ4v) is 5.08. The van der Waals surface area contributed by atoms with Gasteiger partial charge in [-0.15, -0.1) is 0 Å². The van der Waals surface area contributed by atoms with E-state index in [2.05, 4.69) is 9.98 Å². The maximum atomic E-state index is 8.81. The second kappa shape index (κ2) is 29.5. The zero-order chi connectivity index (χ0) is 40.7. The molecule has 0 aromatic heterocycles. The minimum atomic E-state index is -0.500. The molecular weight excluding hydrogens is 986 g/mol. The minimum absolute atomic E-state index is 0. The second-order valence-corrected chi connectivity index (χ2v) is 11.7. The van der Waals surface area contributed by atoms with Crippen LogP contribution in [-0.2, 0) is 30.5 Å². The predicted molar refractivity (Wildman–Crippen MR) is 219 cm³/mol. The Kier molecular flexibility index (Phi) is 26.7. The van der Waals surface area contributed by atoms with Gasteiger partial charge in [0.1, 0.15) is 0 Å². The SMILES string of the molecule is C[N+](=O)[O-].C[N+](=O)[O-].N=C(N1CCOCC1)N(C(N)=Nc1ccccc1)c1ccccc1.N=C(N1CCOCC1)N(C(N)=Nc1ccccc1)c1ccccc1.[Cl-].[Cl-].[Pt+2]. The van der Waals surface area contributed by atoms with E-state index in [0.717, 1.165) is 36.8 Å². The van der Waals surface area contributed by atoms with Gasteiger partial charge in [0.2, 0.25) is 23.8 Å². The smallest absolute Gasteiger partial charge is 1.00 e. The van der Waals surface area contributed by atoms with E-state index in [9.17, 15) is 0 Å². The third kappa shape index (κ3) is 19.6. The summed E-state index contributed by atoms with van der Waals surface area (Å²) in [7, 11) is 1.78. The molecule has 2 heterocycles. The van der Waals surface area contributed by atoms with Crippen molar-refractivity contribution in [2.45, 2.75) is 0 Å². The van der Waals surface area contributed by atoms with Crippen molar-refractivity contribution in [1.29, 1.82) is 10.8 Å². The Hall–Kier alpha value is -5.65. The molecule has 0 amide bonds. The van der Waals surface area contributed by atoms with Gasteiger partial charge in [0.15, 0.2) is 14.1 Å². The summed E-state index contributed by atoms with van der Waals surface area (Å²) in [5, 5.41) is 34.8. The second-order valence-electron chi connectivity index (χ2n) is 11.7. The van der Waals surface area contributed by atoms with E-state index in [1.807, 2.05) is 131 Å². The molecule has 0 bridgehead atoms. The summed E-state index contributed by atoms with van der Waals surface area (Å²) in [5.41, 5.74) is 15.7. The van der Waals surface area contributed by atoms with Gasteiger partial charge < -0.3 is 55.6 Å². The Labute approximate surface area is 370 Å². The largest absolute Gasteiger partial charge is 2.00 e. The van der Waals surface area contributed by atoms with Crippen LogP contribution in [0.4, 0.5) is 22.7 Å². The molecule has 0 aliphatic carbocycles. The molecule has 0 radical (unpaired) electrons. The number of nitrogens with two attached hydrogens (primary N) is 2. The zero-order valence-corrected chi connectivity index (χ0v) is 36.2. The first-order chi connectivity index (χ1) is 27.0. The summed E-state index contributed by atoms with van der Waals surface area (Å²) in [6.07, 6.45) is 0. The number of nitro groups is 2. The topological polar surface area (TPSA) is 242 Å². The Morgan fingerprint density at radius 1 is 0.576 bits per heavy atom. The molecule has 2 aliphatic heterocycles. The van der Waals surface area contributed by atoms with Crippen LogP contribution in [-0.4, -0.2) is 110 Å². The number of hydrogen-bond donors (Lipinski definition) is 4. The fourth-order valence-electron chi connectivity index (χ4n) is 5.08. The summed E-state index contributed by atoms with van der Waals surface area (Å²) in [6.45, 7) is 5.12. The number of benzene rings is 4. The summed E-state index contributed by atoms with van der Waals surface area (Å²) in [5.74, 6) is 1.15. The molecule has 6 rings (SSSR count). The molecule has 0 saturated carbocycles. The van der Waals surface area contributed by atoms with E-state index >= 15 is 0 Å². The first-order valence-electron chi connectivity index (χ1n) is 17.4. The molecule has 0 spiro atoms. The van der Waals surface area contributed by atoms with Crippen LogP contribution in [0.2, 0.25) is 0 Å². The number of guanidine groups is 4. The van der Waals surface area contributed by atoms with Crippen LogP contribution in [0.5, 0.6) is 0 Å². The maximum Gasteiger partial charge on any atom is 2.00 e. The zero-order valence-electron chi connectivity index (χ0n) is 32.5. The molecule has 21 heteroatoms. The van der Waals surface area contributed by atoms with E-state index < -0.39 is 9.85 Å². The Morgan fingerprint density at radius 2 is 0.814 bits per heavy atom. The fraction of sp³-hybridized carbons (Fsp3) is 0.263. The normalized spacial score (nSPS) is 13.2. The number of nitrogens with one attached hydrogen (secondary N) is 2. The van der Waals surface area contributed by atoms with Gasteiger partial charge in [-0.05, 0) is 48.5 Å². The van der Waals surface area contributed by atoms with Crippen molar-refractivity contribution in [3.63, 3.8) is 0 Å². The Balaban J connectivity index is 0.000000925. The molecule has 2 aliphatic rings. The third-order valence-electron chi connectivity index (χ3n) is 7.53. The van der Waals surface area contributed by atoms with Crippen LogP contribution in [0.1, 0.15) is 0 Å². The maximum absolute atomic E-state index is 8.81. The van der Waals surface area contributed by atoms with Gasteiger partial charge >= 0.3 is 21.1 Å². The molecule has 4 aromatic carbocycles. The molecule has 6 N–H and O–H groups in total. The number of aliphatic imine (C=N–C) groups is 2. The predicted octanol–water partition coefficient (Wildman–Crippen LogP) is -1.40. The van der Waals surface area contributed by atoms with Crippen LogP contribution < -0.4 is 46.1 Å². The number of para-hydroxylation sites is 4. The first-order valence-corrected chi connectivity index (χ1v) is 17.4. The van der Waals surface area contributed by atoms with Gasteiger partial charge in [-0.3, -0.25) is 40.8 Å². The molecule has 320 valence electrons. The van der Waals surface area contributed by atoms with Gasteiger partial charge in [-0.25, -0.2) is 9.98 Å². The van der Waals surface area contributed by atoms with E-state index in [-0.39, 0.29) is 57.8 Å². The van der Waals surface area contributed by atoms with Crippen molar-refractivity contribution in [3.8, 4) is 0 Å². The standard InChI is InChI=1S/2C18H21N5O.2CH3NO2.2ClH.Pt/c2*19-17(21-15-7-3-1-4-8-15)23(16-9-5-2-6-10-16)18(20)22-11-13-24-14-12-22;2*1-2(3)4;;;/h2*1-10,20H,11-14H2,(H2,19,21);2*1H3;2*1H;/q;;;;;;+2/p-2. The van der Waals surface area contributed by atoms with Gasteiger partial charge in [0, 0.05) is 36.0 Å². The first kappa shape index (κ1) is 53.3. The molecule has 18 nitrogen and oxygen atoms in total. The van der Waals surface area contributed by atoms with Gasteiger partial charge in [-0.2, -0.15) is 0 Å². The summed E-state index contributed by atoms with van der Waals surface area (Å²) < 4.78 is 10.7. The number of rotatable bonds is 4. The minimum Gasteiger partial charge on any atom is -1.00 e. The molecule has 4 aromatic rings. The van der Waals surface area contributed by atoms with E-state index in [0.29, 0.717) is 64.5 Å². The number of anilines is 2. The van der Waals surface area contributed by atoms with Gasteiger partial charge in [0.05, 0.1) is 49.2 Å². The van der Waals surface area contributed by atoms with Crippen LogP contribution in [0.15, 0.2) is 131 Å². The van der Waals surface area contributed by atoms with E-state index in [4.69, 9.17) is 52.0 Å². The third-order valence-corrected chi connectivity index (χ3v) is 7.53. The number of nitrogens with zero attached hydrogens (tertiary/aromatic N) is 8.